The van der Waals surface area contributed by atoms with Crippen molar-refractivity contribution in [3.05, 3.63) is 0 Å². The van der Waals surface area contributed by atoms with Gasteiger partial charge in [0.05, 0.1) is 13.2 Å². The maximum atomic E-state index is 12.5. The minimum Gasteiger partial charge on any atom is -0.378 e. The topological polar surface area (TPSA) is 9.23 Å². The molecular formula is C6H11FO. The number of alkyl halides is 1. The van der Waals surface area contributed by atoms with E-state index in [4.69, 9.17) is 4.74 Å². The van der Waals surface area contributed by atoms with Gasteiger partial charge in [-0.15, -0.1) is 0 Å². The molecule has 0 N–H and O–H groups in total. The number of ether oxygens (including phenoxy) is 1. The predicted octanol–water partition coefficient (Wildman–Crippen LogP) is 1.38. The van der Waals surface area contributed by atoms with Crippen molar-refractivity contribution in [2.45, 2.75) is 19.5 Å². The fraction of sp³-hybridized carbons (Fsp3) is 1.00. The largest absolute Gasteiger partial charge is 0.378 e. The van der Waals surface area contributed by atoms with Crippen LogP contribution in [-0.2, 0) is 4.74 Å². The van der Waals surface area contributed by atoms with Crippen LogP contribution in [0.5, 0.6) is 0 Å². The monoisotopic (exact) mass is 118 g/mol. The van der Waals surface area contributed by atoms with Crippen LogP contribution in [0.4, 0.5) is 4.39 Å². The van der Waals surface area contributed by atoms with Gasteiger partial charge < -0.3 is 4.74 Å². The van der Waals surface area contributed by atoms with Crippen molar-refractivity contribution in [3.63, 3.8) is 0 Å². The van der Waals surface area contributed by atoms with E-state index >= 15 is 0 Å². The average Bonchev–Trinajstić information content (AvgIpc) is 2.14. The Morgan fingerprint density at radius 3 is 2.62 bits per heavy atom. The van der Waals surface area contributed by atoms with Gasteiger partial charge in [0, 0.05) is 5.92 Å². The molecule has 0 aromatic heterocycles. The zero-order chi connectivity index (χ0) is 5.98. The quantitative estimate of drug-likeness (QED) is 0.505. The lowest BCUT2D eigenvalue weighted by atomic mass is 10.1. The van der Waals surface area contributed by atoms with Gasteiger partial charge in [-0.05, 0) is 6.42 Å². The van der Waals surface area contributed by atoms with Gasteiger partial charge in [-0.1, -0.05) is 6.92 Å². The highest BCUT2D eigenvalue weighted by atomic mass is 19.1. The van der Waals surface area contributed by atoms with E-state index in [1.54, 1.807) is 0 Å². The number of halogens is 1. The summed E-state index contributed by atoms with van der Waals surface area (Å²) in [7, 11) is 0. The van der Waals surface area contributed by atoms with E-state index in [2.05, 4.69) is 0 Å². The van der Waals surface area contributed by atoms with Gasteiger partial charge in [-0.2, -0.15) is 0 Å². The van der Waals surface area contributed by atoms with E-state index in [9.17, 15) is 4.39 Å². The fourth-order valence-electron chi connectivity index (χ4n) is 0.946. The molecule has 1 nitrogen and oxygen atoms in total. The molecule has 1 saturated heterocycles. The first kappa shape index (κ1) is 6.02. The molecule has 0 aliphatic carbocycles. The summed E-state index contributed by atoms with van der Waals surface area (Å²) in [6.45, 7) is 2.93. The Morgan fingerprint density at radius 1 is 1.62 bits per heavy atom. The van der Waals surface area contributed by atoms with Crippen molar-refractivity contribution in [3.8, 4) is 0 Å². The SMILES string of the molecule is CC[C@@H]1COC[C@@H]1F. The molecule has 0 aromatic carbocycles. The predicted molar refractivity (Wildman–Crippen MR) is 29.5 cm³/mol. The Hall–Kier alpha value is -0.110. The summed E-state index contributed by atoms with van der Waals surface area (Å²) in [6, 6.07) is 0. The molecule has 0 aromatic rings. The smallest absolute Gasteiger partial charge is 0.128 e. The van der Waals surface area contributed by atoms with Crippen molar-refractivity contribution in [1.82, 2.24) is 0 Å². The highest BCUT2D eigenvalue weighted by molar-refractivity contribution is 4.72. The van der Waals surface area contributed by atoms with Gasteiger partial charge in [0.25, 0.3) is 0 Å². The van der Waals surface area contributed by atoms with Gasteiger partial charge in [-0.3, -0.25) is 0 Å². The third-order valence-corrected chi connectivity index (χ3v) is 1.64. The van der Waals surface area contributed by atoms with E-state index in [0.29, 0.717) is 13.2 Å². The molecule has 0 unspecified atom stereocenters. The summed E-state index contributed by atoms with van der Waals surface area (Å²) in [6.07, 6.45) is 0.209. The van der Waals surface area contributed by atoms with Crippen molar-refractivity contribution < 1.29 is 9.13 Å². The molecule has 1 aliphatic rings. The second kappa shape index (κ2) is 2.44. The van der Waals surface area contributed by atoms with Crippen LogP contribution in [0.25, 0.3) is 0 Å². The first-order valence-electron chi connectivity index (χ1n) is 3.06. The van der Waals surface area contributed by atoms with Crippen LogP contribution >= 0.6 is 0 Å². The number of hydrogen-bond donors (Lipinski definition) is 0. The summed E-state index contributed by atoms with van der Waals surface area (Å²) < 4.78 is 17.3. The molecule has 8 heavy (non-hydrogen) atoms. The molecule has 0 amide bonds. The molecule has 1 aliphatic heterocycles. The molecule has 48 valence electrons. The van der Waals surface area contributed by atoms with Crippen LogP contribution in [0.1, 0.15) is 13.3 Å². The first-order valence-corrected chi connectivity index (χ1v) is 3.06. The zero-order valence-corrected chi connectivity index (χ0v) is 5.06. The summed E-state index contributed by atoms with van der Waals surface area (Å²) >= 11 is 0. The molecule has 2 heteroatoms. The zero-order valence-electron chi connectivity index (χ0n) is 5.06. The van der Waals surface area contributed by atoms with Crippen molar-refractivity contribution in [1.29, 1.82) is 0 Å². The lowest BCUT2D eigenvalue weighted by Crippen LogP contribution is -2.10. The summed E-state index contributed by atoms with van der Waals surface area (Å²) in [5, 5.41) is 0. The Kier molecular flexibility index (Phi) is 1.84. The van der Waals surface area contributed by atoms with E-state index < -0.39 is 6.17 Å². The van der Waals surface area contributed by atoms with Crippen molar-refractivity contribution >= 4 is 0 Å². The molecule has 0 bridgehead atoms. The number of hydrogen-bond acceptors (Lipinski definition) is 1. The molecule has 0 saturated carbocycles. The molecule has 0 spiro atoms. The first-order chi connectivity index (χ1) is 3.84. The Morgan fingerprint density at radius 2 is 2.38 bits per heavy atom. The average molecular weight is 118 g/mol. The molecular weight excluding hydrogens is 107 g/mol. The van der Waals surface area contributed by atoms with Gasteiger partial charge >= 0.3 is 0 Å². The van der Waals surface area contributed by atoms with E-state index in [1.165, 1.54) is 0 Å². The van der Waals surface area contributed by atoms with E-state index in [1.807, 2.05) is 6.92 Å². The Bertz CT molecular complexity index is 74.9. The van der Waals surface area contributed by atoms with Crippen LogP contribution in [0.2, 0.25) is 0 Å². The van der Waals surface area contributed by atoms with Crippen LogP contribution in [-0.4, -0.2) is 19.4 Å². The van der Waals surface area contributed by atoms with E-state index in [0.717, 1.165) is 6.42 Å². The van der Waals surface area contributed by atoms with E-state index in [-0.39, 0.29) is 5.92 Å². The standard InChI is InChI=1S/C6H11FO/c1-2-5-3-8-4-6(5)7/h5-6H,2-4H2,1H3/t5-,6+/m1/s1. The van der Waals surface area contributed by atoms with Crippen LogP contribution in [0.3, 0.4) is 0 Å². The molecule has 0 radical (unpaired) electrons. The third kappa shape index (κ3) is 0.996. The van der Waals surface area contributed by atoms with Gasteiger partial charge in [-0.25, -0.2) is 4.39 Å². The summed E-state index contributed by atoms with van der Waals surface area (Å²) in [4.78, 5) is 0. The Labute approximate surface area is 48.8 Å². The number of rotatable bonds is 1. The molecule has 1 rings (SSSR count). The third-order valence-electron chi connectivity index (χ3n) is 1.64. The molecule has 1 fully saturated rings. The summed E-state index contributed by atoms with van der Waals surface area (Å²) in [5.74, 6) is 0.176. The van der Waals surface area contributed by atoms with Crippen LogP contribution in [0, 0.1) is 5.92 Å². The second-order valence-corrected chi connectivity index (χ2v) is 2.22. The molecule has 1 heterocycles. The lowest BCUT2D eigenvalue weighted by molar-refractivity contribution is 0.172. The lowest BCUT2D eigenvalue weighted by Gasteiger charge is -2.03. The second-order valence-electron chi connectivity index (χ2n) is 2.22. The normalized spacial score (nSPS) is 38.2. The van der Waals surface area contributed by atoms with Gasteiger partial charge in [0.2, 0.25) is 0 Å². The molecule has 2 atom stereocenters. The minimum absolute atomic E-state index is 0.176. The highest BCUT2D eigenvalue weighted by Crippen LogP contribution is 2.19. The maximum Gasteiger partial charge on any atom is 0.128 e. The van der Waals surface area contributed by atoms with Gasteiger partial charge in [0.1, 0.15) is 6.17 Å². The van der Waals surface area contributed by atoms with Crippen LogP contribution < -0.4 is 0 Å². The fourth-order valence-corrected chi connectivity index (χ4v) is 0.946. The van der Waals surface area contributed by atoms with Crippen molar-refractivity contribution in [2.75, 3.05) is 13.2 Å². The Balaban J connectivity index is 2.30. The van der Waals surface area contributed by atoms with Crippen molar-refractivity contribution in [2.24, 2.45) is 5.92 Å². The summed E-state index contributed by atoms with van der Waals surface area (Å²) in [5.41, 5.74) is 0. The minimum atomic E-state index is -0.694. The highest BCUT2D eigenvalue weighted by Gasteiger charge is 2.25. The maximum absolute atomic E-state index is 12.5. The van der Waals surface area contributed by atoms with Gasteiger partial charge in [0.15, 0.2) is 0 Å². The van der Waals surface area contributed by atoms with Crippen LogP contribution in [0.15, 0.2) is 0 Å².